The lowest BCUT2D eigenvalue weighted by Crippen LogP contribution is -2.34. The monoisotopic (exact) mass is 374 g/mol. The molecule has 136 valence electrons. The Hall–Kier alpha value is -2.58. The first kappa shape index (κ1) is 16.9. The van der Waals surface area contributed by atoms with E-state index in [0.29, 0.717) is 22.7 Å². The summed E-state index contributed by atoms with van der Waals surface area (Å²) in [6.07, 6.45) is 3.87. The number of carbonyl (C=O) groups excluding carboxylic acids is 1. The van der Waals surface area contributed by atoms with Crippen molar-refractivity contribution >= 4 is 21.6 Å². The molecule has 7 nitrogen and oxygen atoms in total. The highest BCUT2D eigenvalue weighted by molar-refractivity contribution is 7.89. The fraction of sp³-hybridized carbons (Fsp3) is 0.278. The summed E-state index contributed by atoms with van der Waals surface area (Å²) >= 11 is 0. The SMILES string of the molecule is NS(=O)(=O)c1ccc(C(=O)Nc2ccc3c(c2)OC2(CCCC2)O3)cc1. The van der Waals surface area contributed by atoms with Gasteiger partial charge in [0, 0.05) is 30.2 Å². The van der Waals surface area contributed by atoms with Crippen LogP contribution >= 0.6 is 0 Å². The van der Waals surface area contributed by atoms with E-state index in [4.69, 9.17) is 14.6 Å². The first-order valence-electron chi connectivity index (χ1n) is 8.31. The fourth-order valence-corrected chi connectivity index (χ4v) is 3.80. The third-order valence-electron chi connectivity index (χ3n) is 4.60. The predicted octanol–water partition coefficient (Wildman–Crippen LogP) is 2.63. The van der Waals surface area contributed by atoms with E-state index in [1.807, 2.05) is 0 Å². The predicted molar refractivity (Wildman–Crippen MR) is 94.7 cm³/mol. The highest BCUT2D eigenvalue weighted by Crippen LogP contribution is 2.47. The number of ether oxygens (including phenoxy) is 2. The van der Waals surface area contributed by atoms with E-state index in [1.54, 1.807) is 18.2 Å². The maximum absolute atomic E-state index is 12.4. The molecule has 0 atom stereocenters. The van der Waals surface area contributed by atoms with Gasteiger partial charge in [0.05, 0.1) is 4.90 Å². The molecular weight excluding hydrogens is 356 g/mol. The summed E-state index contributed by atoms with van der Waals surface area (Å²) in [5, 5.41) is 7.82. The molecule has 2 aromatic carbocycles. The fourth-order valence-electron chi connectivity index (χ4n) is 3.29. The number of nitrogens with two attached hydrogens (primary N) is 1. The Bertz CT molecular complexity index is 964. The minimum atomic E-state index is -3.78. The van der Waals surface area contributed by atoms with Gasteiger partial charge in [-0.25, -0.2) is 13.6 Å². The molecule has 1 aliphatic heterocycles. The van der Waals surface area contributed by atoms with Gasteiger partial charge >= 0.3 is 0 Å². The molecule has 1 amide bonds. The summed E-state index contributed by atoms with van der Waals surface area (Å²) < 4.78 is 34.5. The molecule has 8 heteroatoms. The average Bonchev–Trinajstić information content (AvgIpc) is 3.20. The molecule has 2 aromatic rings. The van der Waals surface area contributed by atoms with Crippen LogP contribution in [0.1, 0.15) is 36.0 Å². The van der Waals surface area contributed by atoms with Gasteiger partial charge in [-0.05, 0) is 49.2 Å². The number of amides is 1. The molecule has 26 heavy (non-hydrogen) atoms. The van der Waals surface area contributed by atoms with Crippen molar-refractivity contribution in [3.63, 3.8) is 0 Å². The van der Waals surface area contributed by atoms with Crippen LogP contribution in [0.25, 0.3) is 0 Å². The molecule has 1 spiro atoms. The maximum Gasteiger partial charge on any atom is 0.255 e. The van der Waals surface area contributed by atoms with Crippen LogP contribution < -0.4 is 19.9 Å². The van der Waals surface area contributed by atoms with Crippen LogP contribution in [0.5, 0.6) is 11.5 Å². The Labute approximate surface area is 151 Å². The molecular formula is C18H18N2O5S. The van der Waals surface area contributed by atoms with Crippen molar-refractivity contribution in [1.29, 1.82) is 0 Å². The van der Waals surface area contributed by atoms with Crippen molar-refractivity contribution in [1.82, 2.24) is 0 Å². The van der Waals surface area contributed by atoms with Crippen LogP contribution in [0.3, 0.4) is 0 Å². The summed E-state index contributed by atoms with van der Waals surface area (Å²) in [6.45, 7) is 0. The van der Waals surface area contributed by atoms with E-state index >= 15 is 0 Å². The lowest BCUT2D eigenvalue weighted by atomic mass is 10.2. The molecule has 1 fully saturated rings. The number of benzene rings is 2. The zero-order chi connectivity index (χ0) is 18.4. The third-order valence-corrected chi connectivity index (χ3v) is 5.53. The Kier molecular flexibility index (Phi) is 3.89. The number of carbonyl (C=O) groups is 1. The van der Waals surface area contributed by atoms with Gasteiger partial charge in [0.2, 0.25) is 10.0 Å². The van der Waals surface area contributed by atoms with E-state index < -0.39 is 15.8 Å². The minimum absolute atomic E-state index is 0.0426. The number of rotatable bonds is 3. The van der Waals surface area contributed by atoms with E-state index in [-0.39, 0.29) is 10.8 Å². The lowest BCUT2D eigenvalue weighted by molar-refractivity contribution is -0.0716. The van der Waals surface area contributed by atoms with E-state index in [0.717, 1.165) is 25.7 Å². The zero-order valence-corrected chi connectivity index (χ0v) is 14.7. The quantitative estimate of drug-likeness (QED) is 0.859. The van der Waals surface area contributed by atoms with Gasteiger partial charge < -0.3 is 14.8 Å². The third kappa shape index (κ3) is 3.13. The molecule has 1 aliphatic carbocycles. The van der Waals surface area contributed by atoms with Crippen LogP contribution in [-0.4, -0.2) is 20.1 Å². The van der Waals surface area contributed by atoms with Crippen LogP contribution in [-0.2, 0) is 10.0 Å². The van der Waals surface area contributed by atoms with Gasteiger partial charge in [0.15, 0.2) is 11.5 Å². The number of hydrogen-bond donors (Lipinski definition) is 2. The second kappa shape index (κ2) is 6.00. The van der Waals surface area contributed by atoms with Gasteiger partial charge in [-0.2, -0.15) is 0 Å². The Morgan fingerprint density at radius 1 is 1.00 bits per heavy atom. The topological polar surface area (TPSA) is 108 Å². The summed E-state index contributed by atoms with van der Waals surface area (Å²) in [4.78, 5) is 12.3. The summed E-state index contributed by atoms with van der Waals surface area (Å²) in [6, 6.07) is 10.7. The van der Waals surface area contributed by atoms with Crippen LogP contribution in [0.4, 0.5) is 5.69 Å². The lowest BCUT2D eigenvalue weighted by Gasteiger charge is -2.21. The Morgan fingerprint density at radius 3 is 2.31 bits per heavy atom. The second-order valence-corrected chi connectivity index (χ2v) is 8.07. The van der Waals surface area contributed by atoms with E-state index in [1.165, 1.54) is 24.3 Å². The minimum Gasteiger partial charge on any atom is -0.448 e. The molecule has 1 heterocycles. The van der Waals surface area contributed by atoms with Crippen molar-refractivity contribution in [3.8, 4) is 11.5 Å². The molecule has 3 N–H and O–H groups in total. The standard InChI is InChI=1S/C18H18N2O5S/c19-26(22,23)14-6-3-12(4-7-14)17(21)20-13-5-8-15-16(11-13)25-18(24-15)9-1-2-10-18/h3-8,11H,1-2,9-10H2,(H,20,21)(H2,19,22,23). The number of anilines is 1. The molecule has 4 rings (SSSR count). The van der Waals surface area contributed by atoms with Gasteiger partial charge in [0.25, 0.3) is 11.7 Å². The van der Waals surface area contributed by atoms with Crippen molar-refractivity contribution in [2.75, 3.05) is 5.32 Å². The first-order valence-corrected chi connectivity index (χ1v) is 9.86. The molecule has 0 unspecified atom stereocenters. The number of sulfonamides is 1. The largest absolute Gasteiger partial charge is 0.448 e. The van der Waals surface area contributed by atoms with Crippen LogP contribution in [0.2, 0.25) is 0 Å². The number of hydrogen-bond acceptors (Lipinski definition) is 5. The van der Waals surface area contributed by atoms with Gasteiger partial charge in [0.1, 0.15) is 0 Å². The summed E-state index contributed by atoms with van der Waals surface area (Å²) in [7, 11) is -3.78. The van der Waals surface area contributed by atoms with Gasteiger partial charge in [-0.15, -0.1) is 0 Å². The number of fused-ring (bicyclic) bond motifs is 1. The summed E-state index contributed by atoms with van der Waals surface area (Å²) in [5.41, 5.74) is 0.894. The Morgan fingerprint density at radius 2 is 1.65 bits per heavy atom. The normalized spacial score (nSPS) is 17.4. The highest BCUT2D eigenvalue weighted by Gasteiger charge is 2.44. The highest BCUT2D eigenvalue weighted by atomic mass is 32.2. The number of primary sulfonamides is 1. The van der Waals surface area contributed by atoms with Crippen LogP contribution in [0, 0.1) is 0 Å². The number of nitrogens with one attached hydrogen (secondary N) is 1. The zero-order valence-electron chi connectivity index (χ0n) is 13.9. The average molecular weight is 374 g/mol. The second-order valence-electron chi connectivity index (χ2n) is 6.51. The van der Waals surface area contributed by atoms with Crippen LogP contribution in [0.15, 0.2) is 47.4 Å². The van der Waals surface area contributed by atoms with Crippen molar-refractivity contribution in [3.05, 3.63) is 48.0 Å². The molecule has 1 saturated carbocycles. The van der Waals surface area contributed by atoms with Crippen molar-refractivity contribution < 1.29 is 22.7 Å². The van der Waals surface area contributed by atoms with E-state index in [2.05, 4.69) is 5.32 Å². The first-order chi connectivity index (χ1) is 12.3. The maximum atomic E-state index is 12.4. The smallest absolute Gasteiger partial charge is 0.255 e. The molecule has 0 aromatic heterocycles. The molecule has 2 aliphatic rings. The Balaban J connectivity index is 1.49. The summed E-state index contributed by atoms with van der Waals surface area (Å²) in [5.74, 6) is 0.395. The van der Waals surface area contributed by atoms with Gasteiger partial charge in [-0.1, -0.05) is 0 Å². The molecule has 0 radical (unpaired) electrons. The van der Waals surface area contributed by atoms with Gasteiger partial charge in [-0.3, -0.25) is 4.79 Å². The van der Waals surface area contributed by atoms with Crippen molar-refractivity contribution in [2.24, 2.45) is 5.14 Å². The molecule has 0 saturated heterocycles. The van der Waals surface area contributed by atoms with E-state index in [9.17, 15) is 13.2 Å². The van der Waals surface area contributed by atoms with Crippen molar-refractivity contribution in [2.45, 2.75) is 36.4 Å². The molecule has 0 bridgehead atoms.